The SMILES string of the molecule is O=c1cc[nH]c(C(F)(F)F)c1-c1nccc(-c2cc(O)c(O)c([N+](=O)[O-])c2)n1. The summed E-state index contributed by atoms with van der Waals surface area (Å²) in [5, 5.41) is 30.2. The number of rotatable bonds is 3. The van der Waals surface area contributed by atoms with Gasteiger partial charge in [0.25, 0.3) is 0 Å². The number of halogens is 3. The number of benzene rings is 1. The molecule has 3 N–H and O–H groups in total. The van der Waals surface area contributed by atoms with Gasteiger partial charge in [0.05, 0.1) is 16.2 Å². The minimum atomic E-state index is -4.88. The van der Waals surface area contributed by atoms with Crippen LogP contribution in [0.15, 0.2) is 41.5 Å². The highest BCUT2D eigenvalue weighted by Gasteiger charge is 2.36. The number of aromatic hydroxyl groups is 2. The molecule has 0 unspecified atom stereocenters. The lowest BCUT2D eigenvalue weighted by molar-refractivity contribution is -0.385. The predicted octanol–water partition coefficient (Wildman–Crippen LogP) is 2.84. The molecule has 3 aromatic rings. The van der Waals surface area contributed by atoms with E-state index in [9.17, 15) is 38.3 Å². The number of hydrogen-bond acceptors (Lipinski definition) is 7. The molecular formula is C16H9F3N4O5. The van der Waals surface area contributed by atoms with Gasteiger partial charge in [-0.1, -0.05) is 0 Å². The molecule has 0 amide bonds. The zero-order chi connectivity index (χ0) is 20.6. The Kier molecular flexibility index (Phi) is 4.47. The molecular weight excluding hydrogens is 385 g/mol. The summed E-state index contributed by atoms with van der Waals surface area (Å²) in [5.74, 6) is -2.36. The van der Waals surface area contributed by atoms with Gasteiger partial charge in [-0.2, -0.15) is 13.2 Å². The van der Waals surface area contributed by atoms with Crippen LogP contribution < -0.4 is 5.43 Å². The maximum atomic E-state index is 13.2. The first-order chi connectivity index (χ1) is 13.1. The predicted molar refractivity (Wildman–Crippen MR) is 88.5 cm³/mol. The molecule has 0 aliphatic heterocycles. The number of hydrogen-bond donors (Lipinski definition) is 3. The van der Waals surface area contributed by atoms with E-state index in [0.717, 1.165) is 30.6 Å². The first kappa shape index (κ1) is 18.8. The molecule has 9 nitrogen and oxygen atoms in total. The molecule has 0 atom stereocenters. The average molecular weight is 394 g/mol. The third-order valence-corrected chi connectivity index (χ3v) is 3.68. The van der Waals surface area contributed by atoms with Gasteiger partial charge in [0.15, 0.2) is 17.0 Å². The van der Waals surface area contributed by atoms with Crippen molar-refractivity contribution in [2.24, 2.45) is 0 Å². The van der Waals surface area contributed by atoms with E-state index in [-0.39, 0.29) is 11.3 Å². The lowest BCUT2D eigenvalue weighted by Crippen LogP contribution is -2.18. The fraction of sp³-hybridized carbons (Fsp3) is 0.0625. The summed E-state index contributed by atoms with van der Waals surface area (Å²) in [6.45, 7) is 0. The highest BCUT2D eigenvalue weighted by molar-refractivity contribution is 5.71. The molecule has 0 spiro atoms. The van der Waals surface area contributed by atoms with E-state index in [1.807, 2.05) is 4.98 Å². The van der Waals surface area contributed by atoms with Gasteiger partial charge in [-0.15, -0.1) is 0 Å². The number of nitro benzene ring substituents is 1. The van der Waals surface area contributed by atoms with Gasteiger partial charge in [-0.05, 0) is 12.1 Å². The second kappa shape index (κ2) is 6.64. The molecule has 0 aliphatic carbocycles. The second-order valence-corrected chi connectivity index (χ2v) is 5.48. The maximum absolute atomic E-state index is 13.2. The Morgan fingerprint density at radius 1 is 1.18 bits per heavy atom. The number of nitrogens with one attached hydrogen (secondary N) is 1. The van der Waals surface area contributed by atoms with Crippen molar-refractivity contribution in [1.82, 2.24) is 15.0 Å². The van der Waals surface area contributed by atoms with Crippen LogP contribution in [0.2, 0.25) is 0 Å². The van der Waals surface area contributed by atoms with E-state index >= 15 is 0 Å². The molecule has 2 heterocycles. The Labute approximate surface area is 152 Å². The molecule has 2 aromatic heterocycles. The maximum Gasteiger partial charge on any atom is 0.432 e. The van der Waals surface area contributed by atoms with Crippen molar-refractivity contribution in [3.63, 3.8) is 0 Å². The molecule has 0 fully saturated rings. The Balaban J connectivity index is 2.22. The number of aromatic nitrogens is 3. The number of pyridine rings is 1. The van der Waals surface area contributed by atoms with E-state index in [4.69, 9.17) is 0 Å². The Morgan fingerprint density at radius 3 is 2.54 bits per heavy atom. The summed E-state index contributed by atoms with van der Waals surface area (Å²) in [7, 11) is 0. The highest BCUT2D eigenvalue weighted by atomic mass is 19.4. The van der Waals surface area contributed by atoms with Gasteiger partial charge >= 0.3 is 11.9 Å². The van der Waals surface area contributed by atoms with Crippen molar-refractivity contribution in [1.29, 1.82) is 0 Å². The van der Waals surface area contributed by atoms with Gasteiger partial charge in [-0.3, -0.25) is 14.9 Å². The lowest BCUT2D eigenvalue weighted by atomic mass is 10.1. The number of phenolic OH excluding ortho intramolecular Hbond substituents is 2. The molecule has 12 heteroatoms. The Morgan fingerprint density at radius 2 is 1.89 bits per heavy atom. The van der Waals surface area contributed by atoms with Gasteiger partial charge < -0.3 is 15.2 Å². The fourth-order valence-corrected chi connectivity index (χ4v) is 2.46. The summed E-state index contributed by atoms with van der Waals surface area (Å²) in [5.41, 5.74) is -4.18. The standard InChI is InChI=1S/C16H9F3N4O5/c17-16(18,19)14-12(10(24)2-4-20-14)15-21-3-1-8(22-15)7-5-9(23(27)28)13(26)11(25)6-7/h1-6,25-26H,(H,20,24). The van der Waals surface area contributed by atoms with Crippen LogP contribution in [-0.4, -0.2) is 30.1 Å². The van der Waals surface area contributed by atoms with E-state index in [1.54, 1.807) is 0 Å². The Bertz CT molecular complexity index is 1140. The largest absolute Gasteiger partial charge is 0.504 e. The van der Waals surface area contributed by atoms with Crippen molar-refractivity contribution in [2.45, 2.75) is 6.18 Å². The van der Waals surface area contributed by atoms with Gasteiger partial charge in [-0.25, -0.2) is 9.97 Å². The number of aromatic amines is 1. The summed E-state index contributed by atoms with van der Waals surface area (Å²) in [6, 6.07) is 3.90. The molecule has 0 radical (unpaired) electrons. The number of phenols is 2. The first-order valence-electron chi connectivity index (χ1n) is 7.42. The lowest BCUT2D eigenvalue weighted by Gasteiger charge is -2.11. The molecule has 28 heavy (non-hydrogen) atoms. The van der Waals surface area contributed by atoms with E-state index < -0.39 is 50.8 Å². The average Bonchev–Trinajstić information content (AvgIpc) is 2.62. The smallest absolute Gasteiger partial charge is 0.432 e. The summed E-state index contributed by atoms with van der Waals surface area (Å²) >= 11 is 0. The van der Waals surface area contributed by atoms with Crippen LogP contribution in [0.1, 0.15) is 5.69 Å². The number of H-pyrrole nitrogens is 1. The summed E-state index contributed by atoms with van der Waals surface area (Å²) in [6.07, 6.45) is -3.00. The van der Waals surface area contributed by atoms with Crippen molar-refractivity contribution < 1.29 is 28.3 Å². The molecule has 0 saturated heterocycles. The zero-order valence-electron chi connectivity index (χ0n) is 13.6. The van der Waals surface area contributed by atoms with E-state index in [2.05, 4.69) is 9.97 Å². The number of nitrogens with zero attached hydrogens (tertiary/aromatic N) is 3. The van der Waals surface area contributed by atoms with Crippen LogP contribution >= 0.6 is 0 Å². The molecule has 0 saturated carbocycles. The van der Waals surface area contributed by atoms with Crippen molar-refractivity contribution >= 4 is 5.69 Å². The van der Waals surface area contributed by atoms with Crippen LogP contribution in [0, 0.1) is 10.1 Å². The third-order valence-electron chi connectivity index (χ3n) is 3.68. The van der Waals surface area contributed by atoms with Crippen molar-refractivity contribution in [3.05, 3.63) is 62.7 Å². The quantitative estimate of drug-likeness (QED) is 0.352. The topological polar surface area (TPSA) is 142 Å². The number of alkyl halides is 3. The minimum absolute atomic E-state index is 0.0773. The monoisotopic (exact) mass is 394 g/mol. The zero-order valence-corrected chi connectivity index (χ0v) is 13.6. The van der Waals surface area contributed by atoms with Gasteiger partial charge in [0.1, 0.15) is 5.69 Å². The molecule has 1 aromatic carbocycles. The van der Waals surface area contributed by atoms with Crippen LogP contribution in [0.4, 0.5) is 18.9 Å². The van der Waals surface area contributed by atoms with Gasteiger partial charge in [0, 0.05) is 30.1 Å². The summed E-state index contributed by atoms with van der Waals surface area (Å²) < 4.78 is 39.6. The number of nitro groups is 1. The normalized spacial score (nSPS) is 11.4. The molecule has 3 rings (SSSR count). The van der Waals surface area contributed by atoms with Gasteiger partial charge in [0.2, 0.25) is 5.75 Å². The second-order valence-electron chi connectivity index (χ2n) is 5.48. The third kappa shape index (κ3) is 3.34. The van der Waals surface area contributed by atoms with Crippen LogP contribution in [0.25, 0.3) is 22.6 Å². The summed E-state index contributed by atoms with van der Waals surface area (Å²) in [4.78, 5) is 31.6. The van der Waals surface area contributed by atoms with Crippen molar-refractivity contribution in [2.75, 3.05) is 0 Å². The Hall–Kier alpha value is -3.96. The molecule has 144 valence electrons. The van der Waals surface area contributed by atoms with E-state index in [1.165, 1.54) is 6.07 Å². The van der Waals surface area contributed by atoms with E-state index in [0.29, 0.717) is 0 Å². The van der Waals surface area contributed by atoms with Crippen LogP contribution in [0.3, 0.4) is 0 Å². The fourth-order valence-electron chi connectivity index (χ4n) is 2.46. The van der Waals surface area contributed by atoms with Crippen LogP contribution in [-0.2, 0) is 6.18 Å². The first-order valence-corrected chi connectivity index (χ1v) is 7.42. The highest BCUT2D eigenvalue weighted by Crippen LogP contribution is 2.39. The molecule has 0 aliphatic rings. The molecule has 0 bridgehead atoms. The van der Waals surface area contributed by atoms with Crippen LogP contribution in [0.5, 0.6) is 11.5 Å². The minimum Gasteiger partial charge on any atom is -0.504 e. The van der Waals surface area contributed by atoms with Crippen molar-refractivity contribution in [3.8, 4) is 34.1 Å².